The molecule has 2 aromatic rings. The molecule has 0 spiro atoms. The Hall–Kier alpha value is -1.75. The largest absolute Gasteiger partial charge is 0.361 e. The molecule has 0 radical (unpaired) electrons. The molecule has 0 bridgehead atoms. The quantitative estimate of drug-likeness (QED) is 0.839. The van der Waals surface area contributed by atoms with E-state index in [0.717, 1.165) is 35.7 Å². The summed E-state index contributed by atoms with van der Waals surface area (Å²) in [6, 6.07) is 0. The van der Waals surface area contributed by atoms with Crippen LogP contribution >= 0.6 is 0 Å². The van der Waals surface area contributed by atoms with E-state index in [0.29, 0.717) is 0 Å². The van der Waals surface area contributed by atoms with E-state index in [1.54, 1.807) is 12.4 Å². The molecule has 0 unspecified atom stereocenters. The van der Waals surface area contributed by atoms with Crippen molar-refractivity contribution in [2.45, 2.75) is 26.9 Å². The Balaban J connectivity index is 1.89. The standard InChI is InChI=1S/C11H14N4O/c1-8-11(9(2)16-15-8)6-12-3-10-4-13-7-14-5-10/h4-5,7,12H,3,6H2,1-2H3. The van der Waals surface area contributed by atoms with Gasteiger partial charge in [-0.15, -0.1) is 0 Å². The fourth-order valence-electron chi connectivity index (χ4n) is 1.51. The van der Waals surface area contributed by atoms with E-state index in [9.17, 15) is 0 Å². The van der Waals surface area contributed by atoms with Gasteiger partial charge in [-0.3, -0.25) is 0 Å². The first kappa shape index (κ1) is 10.8. The summed E-state index contributed by atoms with van der Waals surface area (Å²) in [7, 11) is 0. The summed E-state index contributed by atoms with van der Waals surface area (Å²) >= 11 is 0. The summed E-state index contributed by atoms with van der Waals surface area (Å²) in [5.74, 6) is 0.870. The molecule has 5 heteroatoms. The van der Waals surface area contributed by atoms with Gasteiger partial charge in [0, 0.05) is 36.6 Å². The molecule has 0 saturated heterocycles. The van der Waals surface area contributed by atoms with Gasteiger partial charge in [-0.1, -0.05) is 5.16 Å². The molecule has 5 nitrogen and oxygen atoms in total. The van der Waals surface area contributed by atoms with Crippen molar-refractivity contribution < 1.29 is 4.52 Å². The number of aromatic nitrogens is 3. The second-order valence-electron chi connectivity index (χ2n) is 3.65. The summed E-state index contributed by atoms with van der Waals surface area (Å²) in [6.45, 7) is 5.35. The highest BCUT2D eigenvalue weighted by atomic mass is 16.5. The van der Waals surface area contributed by atoms with Gasteiger partial charge in [0.1, 0.15) is 12.1 Å². The molecule has 84 valence electrons. The zero-order chi connectivity index (χ0) is 11.4. The molecule has 16 heavy (non-hydrogen) atoms. The Morgan fingerprint density at radius 1 is 1.19 bits per heavy atom. The molecule has 1 N–H and O–H groups in total. The van der Waals surface area contributed by atoms with Crippen LogP contribution in [0.1, 0.15) is 22.6 Å². The number of aryl methyl sites for hydroxylation is 2. The highest BCUT2D eigenvalue weighted by Gasteiger charge is 2.07. The van der Waals surface area contributed by atoms with Crippen molar-refractivity contribution in [3.63, 3.8) is 0 Å². The molecule has 2 rings (SSSR count). The molecule has 0 aliphatic heterocycles. The Morgan fingerprint density at radius 3 is 2.56 bits per heavy atom. The third kappa shape index (κ3) is 2.43. The Bertz CT molecular complexity index is 433. The lowest BCUT2D eigenvalue weighted by atomic mass is 10.2. The Morgan fingerprint density at radius 2 is 1.94 bits per heavy atom. The lowest BCUT2D eigenvalue weighted by Crippen LogP contribution is -2.13. The van der Waals surface area contributed by atoms with Crippen LogP contribution in [0.4, 0.5) is 0 Å². The normalized spacial score (nSPS) is 10.6. The maximum absolute atomic E-state index is 5.08. The van der Waals surface area contributed by atoms with Gasteiger partial charge in [0.25, 0.3) is 0 Å². The minimum absolute atomic E-state index is 0.741. The van der Waals surface area contributed by atoms with Gasteiger partial charge in [0.2, 0.25) is 0 Å². The van der Waals surface area contributed by atoms with Crippen LogP contribution in [-0.2, 0) is 13.1 Å². The van der Waals surface area contributed by atoms with Gasteiger partial charge in [-0.2, -0.15) is 0 Å². The first-order valence-electron chi connectivity index (χ1n) is 5.13. The molecule has 0 amide bonds. The summed E-state index contributed by atoms with van der Waals surface area (Å²) in [5.41, 5.74) is 3.13. The molecular weight excluding hydrogens is 204 g/mol. The van der Waals surface area contributed by atoms with Gasteiger partial charge in [0.15, 0.2) is 0 Å². The number of hydrogen-bond donors (Lipinski definition) is 1. The predicted octanol–water partition coefficient (Wildman–Crippen LogP) is 1.37. The number of rotatable bonds is 4. The number of hydrogen-bond acceptors (Lipinski definition) is 5. The van der Waals surface area contributed by atoms with Crippen molar-refractivity contribution in [3.05, 3.63) is 41.3 Å². The minimum atomic E-state index is 0.741. The van der Waals surface area contributed by atoms with Gasteiger partial charge in [0.05, 0.1) is 5.69 Å². The average Bonchev–Trinajstić information content (AvgIpc) is 2.62. The molecule has 0 saturated carbocycles. The van der Waals surface area contributed by atoms with Crippen LogP contribution in [0, 0.1) is 13.8 Å². The SMILES string of the molecule is Cc1noc(C)c1CNCc1cncnc1. The fraction of sp³-hybridized carbons (Fsp3) is 0.364. The van der Waals surface area contributed by atoms with Gasteiger partial charge in [-0.05, 0) is 13.8 Å². The average molecular weight is 218 g/mol. The molecule has 0 aliphatic rings. The number of nitrogens with one attached hydrogen (secondary N) is 1. The molecule has 0 atom stereocenters. The van der Waals surface area contributed by atoms with Crippen molar-refractivity contribution >= 4 is 0 Å². The molecule has 0 aliphatic carbocycles. The first-order chi connectivity index (χ1) is 7.77. The highest BCUT2D eigenvalue weighted by molar-refractivity contribution is 5.20. The third-order valence-electron chi connectivity index (χ3n) is 2.43. The van der Waals surface area contributed by atoms with Crippen molar-refractivity contribution in [1.29, 1.82) is 0 Å². The van der Waals surface area contributed by atoms with Gasteiger partial charge < -0.3 is 9.84 Å². The van der Waals surface area contributed by atoms with E-state index in [-0.39, 0.29) is 0 Å². The second-order valence-corrected chi connectivity index (χ2v) is 3.65. The van der Waals surface area contributed by atoms with E-state index >= 15 is 0 Å². The van der Waals surface area contributed by atoms with Crippen molar-refractivity contribution in [2.75, 3.05) is 0 Å². The lowest BCUT2D eigenvalue weighted by Gasteiger charge is -2.03. The van der Waals surface area contributed by atoms with Crippen molar-refractivity contribution in [1.82, 2.24) is 20.4 Å². The summed E-state index contributed by atoms with van der Waals surface area (Å²) in [6.07, 6.45) is 5.12. The van der Waals surface area contributed by atoms with Crippen LogP contribution in [0.2, 0.25) is 0 Å². The van der Waals surface area contributed by atoms with E-state index in [2.05, 4.69) is 20.4 Å². The van der Waals surface area contributed by atoms with Crippen LogP contribution in [-0.4, -0.2) is 15.1 Å². The zero-order valence-electron chi connectivity index (χ0n) is 9.40. The van der Waals surface area contributed by atoms with Crippen LogP contribution < -0.4 is 5.32 Å². The van der Waals surface area contributed by atoms with Crippen LogP contribution in [0.3, 0.4) is 0 Å². The zero-order valence-corrected chi connectivity index (χ0v) is 9.40. The second kappa shape index (κ2) is 4.85. The van der Waals surface area contributed by atoms with E-state index in [4.69, 9.17) is 4.52 Å². The Kier molecular flexibility index (Phi) is 3.26. The first-order valence-corrected chi connectivity index (χ1v) is 5.13. The molecular formula is C11H14N4O. The minimum Gasteiger partial charge on any atom is -0.361 e. The predicted molar refractivity (Wildman–Crippen MR) is 58.6 cm³/mol. The summed E-state index contributed by atoms with van der Waals surface area (Å²) < 4.78 is 5.08. The number of nitrogens with zero attached hydrogens (tertiary/aromatic N) is 3. The monoisotopic (exact) mass is 218 g/mol. The molecule has 2 aromatic heterocycles. The van der Waals surface area contributed by atoms with Gasteiger partial charge >= 0.3 is 0 Å². The van der Waals surface area contributed by atoms with E-state index in [1.165, 1.54) is 6.33 Å². The lowest BCUT2D eigenvalue weighted by molar-refractivity contribution is 0.392. The van der Waals surface area contributed by atoms with E-state index < -0.39 is 0 Å². The van der Waals surface area contributed by atoms with Crippen LogP contribution in [0.5, 0.6) is 0 Å². The molecule has 2 heterocycles. The maximum Gasteiger partial charge on any atom is 0.138 e. The van der Waals surface area contributed by atoms with Gasteiger partial charge in [-0.25, -0.2) is 9.97 Å². The summed E-state index contributed by atoms with van der Waals surface area (Å²) in [4.78, 5) is 7.91. The molecule has 0 fully saturated rings. The maximum atomic E-state index is 5.08. The van der Waals surface area contributed by atoms with Crippen LogP contribution in [0.15, 0.2) is 23.2 Å². The third-order valence-corrected chi connectivity index (χ3v) is 2.43. The fourth-order valence-corrected chi connectivity index (χ4v) is 1.51. The van der Waals surface area contributed by atoms with E-state index in [1.807, 2.05) is 13.8 Å². The van der Waals surface area contributed by atoms with Crippen molar-refractivity contribution in [3.8, 4) is 0 Å². The highest BCUT2D eigenvalue weighted by Crippen LogP contribution is 2.11. The smallest absolute Gasteiger partial charge is 0.138 e. The Labute approximate surface area is 93.9 Å². The van der Waals surface area contributed by atoms with Crippen molar-refractivity contribution in [2.24, 2.45) is 0 Å². The van der Waals surface area contributed by atoms with Crippen LogP contribution in [0.25, 0.3) is 0 Å². The topological polar surface area (TPSA) is 63.8 Å². The molecule has 0 aromatic carbocycles. The summed E-state index contributed by atoms with van der Waals surface area (Å²) in [5, 5.41) is 7.21.